The Morgan fingerprint density at radius 2 is 1.92 bits per heavy atom. The Labute approximate surface area is 156 Å². The van der Waals surface area contributed by atoms with Crippen LogP contribution in [-0.2, 0) is 21.2 Å². The highest BCUT2D eigenvalue weighted by molar-refractivity contribution is 7.89. The Bertz CT molecular complexity index is 815. The molecular formula is C19H29N3O3S. The molecule has 144 valence electrons. The predicted molar refractivity (Wildman–Crippen MR) is 103 cm³/mol. The summed E-state index contributed by atoms with van der Waals surface area (Å²) in [5.74, 6) is -0.0121. The predicted octanol–water partition coefficient (Wildman–Crippen LogP) is 2.09. The van der Waals surface area contributed by atoms with Gasteiger partial charge in [-0.3, -0.25) is 4.79 Å². The van der Waals surface area contributed by atoms with Crippen LogP contribution >= 0.6 is 0 Å². The number of fused-ring (bicyclic) bond motifs is 1. The first-order valence-electron chi connectivity index (χ1n) is 9.15. The molecule has 1 amide bonds. The number of hydrogen-bond acceptors (Lipinski definition) is 4. The van der Waals surface area contributed by atoms with Crippen molar-refractivity contribution < 1.29 is 13.2 Å². The molecule has 0 aromatic heterocycles. The summed E-state index contributed by atoms with van der Waals surface area (Å²) in [4.78, 5) is 16.1. The van der Waals surface area contributed by atoms with Gasteiger partial charge in [-0.1, -0.05) is 0 Å². The molecule has 1 fully saturated rings. The molecule has 1 aliphatic carbocycles. The van der Waals surface area contributed by atoms with Crippen LogP contribution in [0.25, 0.3) is 0 Å². The molecule has 1 heterocycles. The number of hydrogen-bond donors (Lipinski definition) is 0. The molecule has 0 spiro atoms. The van der Waals surface area contributed by atoms with Crippen molar-refractivity contribution in [2.75, 3.05) is 32.6 Å². The number of likely N-dealkylation sites (N-methyl/N-ethyl adjacent to an activating group) is 2. The van der Waals surface area contributed by atoms with E-state index in [4.69, 9.17) is 0 Å². The number of carbonyl (C=O) groups excluding carboxylic acids is 1. The highest BCUT2D eigenvalue weighted by Crippen LogP contribution is 2.38. The van der Waals surface area contributed by atoms with Crippen LogP contribution in [0.1, 0.15) is 38.7 Å². The molecular weight excluding hydrogens is 350 g/mol. The van der Waals surface area contributed by atoms with Crippen molar-refractivity contribution in [2.24, 2.45) is 0 Å². The van der Waals surface area contributed by atoms with Gasteiger partial charge in [0.2, 0.25) is 15.9 Å². The maximum Gasteiger partial charge on any atom is 0.242 e. The topological polar surface area (TPSA) is 60.9 Å². The summed E-state index contributed by atoms with van der Waals surface area (Å²) in [6.07, 6.45) is 3.87. The molecule has 1 aliphatic heterocycles. The summed E-state index contributed by atoms with van der Waals surface area (Å²) in [6, 6.07) is 5.20. The molecule has 2 aliphatic rings. The minimum atomic E-state index is -3.56. The number of benzene rings is 1. The van der Waals surface area contributed by atoms with Gasteiger partial charge < -0.3 is 9.80 Å². The van der Waals surface area contributed by atoms with Gasteiger partial charge in [0.15, 0.2) is 0 Å². The van der Waals surface area contributed by atoms with Gasteiger partial charge in [-0.25, -0.2) is 8.42 Å². The van der Waals surface area contributed by atoms with Crippen LogP contribution < -0.4 is 4.90 Å². The van der Waals surface area contributed by atoms with E-state index in [1.165, 1.54) is 4.31 Å². The highest BCUT2D eigenvalue weighted by atomic mass is 32.2. The van der Waals surface area contributed by atoms with E-state index in [0.717, 1.165) is 30.5 Å². The second-order valence-electron chi connectivity index (χ2n) is 7.97. The van der Waals surface area contributed by atoms with Crippen LogP contribution in [0.15, 0.2) is 23.1 Å². The lowest BCUT2D eigenvalue weighted by atomic mass is 9.75. The molecule has 0 bridgehead atoms. The minimum Gasteiger partial charge on any atom is -0.309 e. The number of sulfonamides is 1. The molecule has 6 nitrogen and oxygen atoms in total. The van der Waals surface area contributed by atoms with Crippen LogP contribution in [0.3, 0.4) is 0 Å². The van der Waals surface area contributed by atoms with E-state index in [2.05, 4.69) is 4.90 Å². The quantitative estimate of drug-likeness (QED) is 0.786. The molecule has 7 heteroatoms. The maximum absolute atomic E-state index is 13.1. The van der Waals surface area contributed by atoms with Gasteiger partial charge in [-0.2, -0.15) is 4.31 Å². The third-order valence-electron chi connectivity index (χ3n) is 6.06. The number of anilines is 1. The Hall–Kier alpha value is -1.44. The Kier molecular flexibility index (Phi) is 4.92. The van der Waals surface area contributed by atoms with E-state index in [1.54, 1.807) is 37.1 Å². The molecule has 0 N–H and O–H groups in total. The average Bonchev–Trinajstić information content (AvgIpc) is 2.84. The van der Waals surface area contributed by atoms with Crippen molar-refractivity contribution in [1.29, 1.82) is 0 Å². The molecule has 0 saturated heterocycles. The minimum absolute atomic E-state index is 0.0121. The highest BCUT2D eigenvalue weighted by Gasteiger charge is 2.42. The van der Waals surface area contributed by atoms with Gasteiger partial charge in [0.25, 0.3) is 0 Å². The first-order chi connectivity index (χ1) is 12.1. The van der Waals surface area contributed by atoms with Crippen LogP contribution in [0, 0.1) is 0 Å². The van der Waals surface area contributed by atoms with Crippen LogP contribution in [0.5, 0.6) is 0 Å². The number of carbonyl (C=O) groups is 1. The van der Waals surface area contributed by atoms with Crippen molar-refractivity contribution in [3.8, 4) is 0 Å². The Morgan fingerprint density at radius 3 is 2.42 bits per heavy atom. The van der Waals surface area contributed by atoms with Crippen molar-refractivity contribution in [2.45, 2.75) is 56.0 Å². The normalized spacial score (nSPS) is 21.8. The van der Waals surface area contributed by atoms with E-state index in [9.17, 15) is 13.2 Å². The van der Waals surface area contributed by atoms with E-state index < -0.39 is 10.0 Å². The largest absolute Gasteiger partial charge is 0.309 e. The monoisotopic (exact) mass is 379 g/mol. The molecule has 3 rings (SSSR count). The second-order valence-corrected chi connectivity index (χ2v) is 10.0. The van der Waals surface area contributed by atoms with E-state index in [1.807, 2.05) is 21.0 Å². The van der Waals surface area contributed by atoms with Gasteiger partial charge in [-0.15, -0.1) is 0 Å². The number of amides is 1. The molecule has 1 atom stereocenters. The lowest BCUT2D eigenvalue weighted by molar-refractivity contribution is -0.116. The smallest absolute Gasteiger partial charge is 0.242 e. The SMILES string of the molecule is CC(=O)N1c2ccc(S(=O)(=O)N(C)CC3(N(C)C)CCC3)cc2CC1C. The lowest BCUT2D eigenvalue weighted by Crippen LogP contribution is -2.57. The zero-order valence-electron chi connectivity index (χ0n) is 16.3. The van der Waals surface area contributed by atoms with Crippen LogP contribution in [-0.4, -0.2) is 62.8 Å². The second kappa shape index (κ2) is 6.62. The number of nitrogens with zero attached hydrogens (tertiary/aromatic N) is 3. The first-order valence-corrected chi connectivity index (χ1v) is 10.6. The van der Waals surface area contributed by atoms with E-state index >= 15 is 0 Å². The van der Waals surface area contributed by atoms with Crippen molar-refractivity contribution in [3.05, 3.63) is 23.8 Å². The van der Waals surface area contributed by atoms with Crippen LogP contribution in [0.2, 0.25) is 0 Å². The van der Waals surface area contributed by atoms with Gasteiger partial charge in [0.05, 0.1) is 4.90 Å². The van der Waals surface area contributed by atoms with E-state index in [0.29, 0.717) is 17.9 Å². The maximum atomic E-state index is 13.1. The third kappa shape index (κ3) is 3.06. The standard InChI is InChI=1S/C19H29N3O3S/c1-14-11-16-12-17(7-8-18(16)22(14)15(2)23)26(24,25)21(5)13-19(20(3)4)9-6-10-19/h7-8,12,14H,6,9-11,13H2,1-5H3. The molecule has 1 aromatic rings. The fourth-order valence-electron chi connectivity index (χ4n) is 4.26. The third-order valence-corrected chi connectivity index (χ3v) is 7.86. The summed E-state index contributed by atoms with van der Waals surface area (Å²) < 4.78 is 27.7. The lowest BCUT2D eigenvalue weighted by Gasteiger charge is -2.48. The summed E-state index contributed by atoms with van der Waals surface area (Å²) in [7, 11) is 2.15. The fraction of sp³-hybridized carbons (Fsp3) is 0.632. The molecule has 1 saturated carbocycles. The molecule has 1 aromatic carbocycles. The van der Waals surface area contributed by atoms with Crippen molar-refractivity contribution in [3.63, 3.8) is 0 Å². The molecule has 1 unspecified atom stereocenters. The van der Waals surface area contributed by atoms with Crippen molar-refractivity contribution in [1.82, 2.24) is 9.21 Å². The van der Waals surface area contributed by atoms with Gasteiger partial charge in [-0.05, 0) is 70.5 Å². The van der Waals surface area contributed by atoms with Gasteiger partial charge in [0.1, 0.15) is 0 Å². The number of rotatable bonds is 5. The summed E-state index contributed by atoms with van der Waals surface area (Å²) in [5, 5.41) is 0. The van der Waals surface area contributed by atoms with Crippen LogP contribution in [0.4, 0.5) is 5.69 Å². The molecule has 0 radical (unpaired) electrons. The van der Waals surface area contributed by atoms with Gasteiger partial charge in [0, 0.05) is 37.8 Å². The summed E-state index contributed by atoms with van der Waals surface area (Å²) in [5.41, 5.74) is 1.70. The summed E-state index contributed by atoms with van der Waals surface area (Å²) in [6.45, 7) is 4.03. The molecule has 26 heavy (non-hydrogen) atoms. The first kappa shape index (κ1) is 19.3. The van der Waals surface area contributed by atoms with Crippen molar-refractivity contribution >= 4 is 21.6 Å². The zero-order chi connectivity index (χ0) is 19.3. The van der Waals surface area contributed by atoms with Gasteiger partial charge >= 0.3 is 0 Å². The summed E-state index contributed by atoms with van der Waals surface area (Å²) >= 11 is 0. The average molecular weight is 380 g/mol. The fourth-order valence-corrected chi connectivity index (χ4v) is 5.56. The Balaban J connectivity index is 1.87. The zero-order valence-corrected chi connectivity index (χ0v) is 17.1. The van der Waals surface area contributed by atoms with E-state index in [-0.39, 0.29) is 17.5 Å². The Morgan fingerprint density at radius 1 is 1.27 bits per heavy atom.